The summed E-state index contributed by atoms with van der Waals surface area (Å²) in [5, 5.41) is 11.8. The molecule has 3 nitrogen and oxygen atoms in total. The number of halogens is 2. The number of aromatic nitrogens is 2. The number of allylic oxidation sites excluding steroid dienone is 2. The number of hydrogen-bond acceptors (Lipinski definition) is 1. The Morgan fingerprint density at radius 3 is 2.00 bits per heavy atom. The number of rotatable bonds is 8. The molecule has 5 heteroatoms. The quantitative estimate of drug-likeness (QED) is 0.388. The first-order valence-electron chi connectivity index (χ1n) is 10.9. The van der Waals surface area contributed by atoms with Crippen molar-refractivity contribution in [2.24, 2.45) is 5.92 Å². The lowest BCUT2D eigenvalue weighted by Gasteiger charge is -2.37. The molecule has 0 aliphatic heterocycles. The number of aliphatic hydroxyl groups is 1. The largest absolute Gasteiger partial charge is 1.00 e. The molecule has 2 unspecified atom stereocenters. The molecule has 1 N–H and O–H groups in total. The summed E-state index contributed by atoms with van der Waals surface area (Å²) in [6, 6.07) is 12.1. The van der Waals surface area contributed by atoms with Gasteiger partial charge in [-0.3, -0.25) is 0 Å². The van der Waals surface area contributed by atoms with E-state index in [0.29, 0.717) is 0 Å². The maximum atomic E-state index is 11.8. The molecule has 0 saturated heterocycles. The molecule has 0 amide bonds. The van der Waals surface area contributed by atoms with Crippen LogP contribution in [0.4, 0.5) is 0 Å². The molecule has 0 saturated carbocycles. The zero-order valence-corrected chi connectivity index (χ0v) is 20.7. The average Bonchev–Trinajstić information content (AvgIpc) is 2.71. The number of hydrogen-bond donors (Lipinski definition) is 1. The van der Waals surface area contributed by atoms with E-state index < -0.39 is 11.1 Å². The van der Waals surface area contributed by atoms with E-state index in [1.54, 1.807) is 0 Å². The molecule has 2 heterocycles. The topological polar surface area (TPSA) is 28.0 Å². The van der Waals surface area contributed by atoms with Gasteiger partial charge in [-0.1, -0.05) is 45.2 Å². The van der Waals surface area contributed by atoms with Crippen molar-refractivity contribution in [2.75, 3.05) is 0 Å². The van der Waals surface area contributed by atoms with Gasteiger partial charge in [-0.15, -0.1) is 0 Å². The lowest BCUT2D eigenvalue weighted by atomic mass is 9.73. The van der Waals surface area contributed by atoms with Crippen molar-refractivity contribution in [3.05, 3.63) is 78.9 Å². The lowest BCUT2D eigenvalue weighted by Crippen LogP contribution is -3.00. The second-order valence-corrected chi connectivity index (χ2v) is 9.03. The van der Waals surface area contributed by atoms with Crippen molar-refractivity contribution in [2.45, 2.75) is 70.9 Å². The highest BCUT2D eigenvalue weighted by Gasteiger charge is 2.58. The van der Waals surface area contributed by atoms with Crippen molar-refractivity contribution in [3.63, 3.8) is 0 Å². The van der Waals surface area contributed by atoms with Gasteiger partial charge in [0, 0.05) is 37.3 Å². The van der Waals surface area contributed by atoms with Crippen LogP contribution in [-0.4, -0.2) is 10.7 Å². The van der Waals surface area contributed by atoms with Gasteiger partial charge in [0.2, 0.25) is 16.8 Å². The van der Waals surface area contributed by atoms with E-state index in [0.717, 1.165) is 18.0 Å². The first-order chi connectivity index (χ1) is 13.8. The monoisotopic (exact) mass is 462 g/mol. The smallest absolute Gasteiger partial charge is 0.226 e. The first-order valence-corrected chi connectivity index (χ1v) is 10.9. The fourth-order valence-electron chi connectivity index (χ4n) is 4.24. The van der Waals surface area contributed by atoms with E-state index in [-0.39, 0.29) is 24.8 Å². The third-order valence-corrected chi connectivity index (χ3v) is 6.27. The Bertz CT molecular complexity index is 863. The standard InChI is InChI=1S/C26H36N2O.2ClH/c1-22(2)14-8-5-9-15-23-20-24(27-16-10-6-11-17-27)26(4,29)25(3,21-23)28-18-12-7-13-19-28;;/h6-7,10-13,16-22,29H,5,8-9,14-15H2,1-4H3;2*1H/q+2;;/p-2. The summed E-state index contributed by atoms with van der Waals surface area (Å²) in [4.78, 5) is 0. The predicted molar refractivity (Wildman–Crippen MR) is 118 cm³/mol. The highest BCUT2D eigenvalue weighted by Crippen LogP contribution is 2.39. The Hall–Kier alpha value is -1.68. The van der Waals surface area contributed by atoms with Crippen molar-refractivity contribution in [3.8, 4) is 0 Å². The van der Waals surface area contributed by atoms with E-state index in [1.165, 1.54) is 31.3 Å². The summed E-state index contributed by atoms with van der Waals surface area (Å²) in [5.41, 5.74) is 0.573. The molecule has 0 spiro atoms. The van der Waals surface area contributed by atoms with Crippen LogP contribution in [0, 0.1) is 5.92 Å². The van der Waals surface area contributed by atoms with E-state index in [4.69, 9.17) is 0 Å². The molecule has 31 heavy (non-hydrogen) atoms. The third-order valence-electron chi connectivity index (χ3n) is 6.27. The fourth-order valence-corrected chi connectivity index (χ4v) is 4.24. The molecule has 2 aromatic rings. The Morgan fingerprint density at radius 1 is 0.839 bits per heavy atom. The van der Waals surface area contributed by atoms with Crippen LogP contribution in [0.3, 0.4) is 0 Å². The van der Waals surface area contributed by atoms with Crippen LogP contribution in [0.25, 0.3) is 5.70 Å². The molecule has 0 fully saturated rings. The van der Waals surface area contributed by atoms with E-state index in [9.17, 15) is 5.11 Å². The SMILES string of the molecule is CC(C)CCCCCC1=CC(C)([n+]2ccccc2)C(C)(O)C([n+]2ccccc2)=C1.[Cl-].[Cl-]. The van der Waals surface area contributed by atoms with Crippen molar-refractivity contribution in [1.82, 2.24) is 0 Å². The van der Waals surface area contributed by atoms with Crippen molar-refractivity contribution < 1.29 is 39.1 Å². The molecule has 2 atom stereocenters. The minimum atomic E-state index is -1.06. The molecule has 2 aromatic heterocycles. The maximum Gasteiger partial charge on any atom is 0.226 e. The lowest BCUT2D eigenvalue weighted by molar-refractivity contribution is -0.766. The van der Waals surface area contributed by atoms with Gasteiger partial charge in [-0.2, -0.15) is 9.13 Å². The molecule has 1 aliphatic rings. The van der Waals surface area contributed by atoms with Gasteiger partial charge in [0.1, 0.15) is 0 Å². The number of unbranched alkanes of at least 4 members (excludes halogenated alkanes) is 2. The Labute approximate surface area is 200 Å². The highest BCUT2D eigenvalue weighted by atomic mass is 35.5. The van der Waals surface area contributed by atoms with Crippen LogP contribution >= 0.6 is 0 Å². The van der Waals surface area contributed by atoms with Gasteiger partial charge in [-0.25, -0.2) is 0 Å². The van der Waals surface area contributed by atoms with Gasteiger partial charge in [0.05, 0.1) is 0 Å². The summed E-state index contributed by atoms with van der Waals surface area (Å²) in [6.07, 6.45) is 18.6. The molecule has 0 bridgehead atoms. The van der Waals surface area contributed by atoms with Gasteiger partial charge in [0.15, 0.2) is 24.8 Å². The zero-order valence-electron chi connectivity index (χ0n) is 19.1. The average molecular weight is 463 g/mol. The Morgan fingerprint density at radius 2 is 1.42 bits per heavy atom. The zero-order chi connectivity index (χ0) is 20.9. The molecule has 0 aromatic carbocycles. The first kappa shape index (κ1) is 27.4. The van der Waals surface area contributed by atoms with Gasteiger partial charge >= 0.3 is 0 Å². The molecular weight excluding hydrogens is 427 g/mol. The highest BCUT2D eigenvalue weighted by molar-refractivity contribution is 5.56. The minimum absolute atomic E-state index is 0. The minimum Gasteiger partial charge on any atom is -1.00 e. The number of pyridine rings is 2. The van der Waals surface area contributed by atoms with Crippen LogP contribution in [-0.2, 0) is 5.54 Å². The predicted octanol–water partition coefficient (Wildman–Crippen LogP) is -1.18. The van der Waals surface area contributed by atoms with Gasteiger partial charge < -0.3 is 29.9 Å². The van der Waals surface area contributed by atoms with E-state index >= 15 is 0 Å². The summed E-state index contributed by atoms with van der Waals surface area (Å²) < 4.78 is 4.18. The van der Waals surface area contributed by atoms with Crippen LogP contribution < -0.4 is 33.9 Å². The molecule has 3 rings (SSSR count). The third kappa shape index (κ3) is 6.19. The van der Waals surface area contributed by atoms with Crippen LogP contribution in [0.1, 0.15) is 59.8 Å². The fraction of sp³-hybridized carbons (Fsp3) is 0.462. The normalized spacial score (nSPS) is 22.8. The maximum absolute atomic E-state index is 11.8. The number of nitrogens with zero attached hydrogens (tertiary/aromatic N) is 2. The van der Waals surface area contributed by atoms with Crippen LogP contribution in [0.15, 0.2) is 78.9 Å². The second kappa shape index (κ2) is 11.8. The van der Waals surface area contributed by atoms with E-state index in [2.05, 4.69) is 37.5 Å². The second-order valence-electron chi connectivity index (χ2n) is 9.03. The van der Waals surface area contributed by atoms with Crippen molar-refractivity contribution in [1.29, 1.82) is 0 Å². The summed E-state index contributed by atoms with van der Waals surface area (Å²) in [5.74, 6) is 0.776. The van der Waals surface area contributed by atoms with Gasteiger partial charge in [0.25, 0.3) is 0 Å². The van der Waals surface area contributed by atoms with E-state index in [1.807, 2.05) is 72.7 Å². The summed E-state index contributed by atoms with van der Waals surface area (Å²) in [6.45, 7) is 8.64. The molecule has 170 valence electrons. The van der Waals surface area contributed by atoms with Crippen LogP contribution in [0.5, 0.6) is 0 Å². The molecular formula is C26H36Cl2N2O. The summed E-state index contributed by atoms with van der Waals surface area (Å²) >= 11 is 0. The molecule has 1 aliphatic carbocycles. The molecule has 0 radical (unpaired) electrons. The van der Waals surface area contributed by atoms with Gasteiger partial charge in [-0.05, 0) is 37.3 Å². The Kier molecular flexibility index (Phi) is 10.4. The summed E-state index contributed by atoms with van der Waals surface area (Å²) in [7, 11) is 0. The van der Waals surface area contributed by atoms with Crippen LogP contribution in [0.2, 0.25) is 0 Å². The Balaban J connectivity index is 0.00000240. The van der Waals surface area contributed by atoms with Crippen molar-refractivity contribution >= 4 is 5.70 Å².